The Bertz CT molecular complexity index is 592. The molecular weight excluding hydrogens is 333 g/mol. The number of nitrogens with zero attached hydrogens (tertiary/aromatic N) is 1. The monoisotopic (exact) mass is 348 g/mol. The minimum Gasteiger partial charge on any atom is -0.355 e. The van der Waals surface area contributed by atoms with Crippen molar-refractivity contribution in [3.8, 4) is 0 Å². The van der Waals surface area contributed by atoms with Crippen LogP contribution in [0.25, 0.3) is 0 Å². The van der Waals surface area contributed by atoms with E-state index in [1.54, 1.807) is 18.2 Å². The second-order valence-electron chi connectivity index (χ2n) is 5.46. The Labute approximate surface area is 136 Å². The van der Waals surface area contributed by atoms with Gasteiger partial charge in [0.05, 0.1) is 5.92 Å². The first-order valence-electron chi connectivity index (χ1n) is 7.11. The number of carbonyl (C=O) groups excluding carboxylic acids is 2. The smallest absolute Gasteiger partial charge is 0.355 e. The number of rotatable bonds is 5. The highest BCUT2D eigenvalue weighted by Crippen LogP contribution is 2.23. The average molecular weight is 349 g/mol. The minimum absolute atomic E-state index is 0.181. The fourth-order valence-corrected chi connectivity index (χ4v) is 2.70. The molecule has 8 heteroatoms. The molecule has 1 N–H and O–H groups in total. The molecule has 1 aliphatic heterocycles. The molecule has 1 fully saturated rings. The van der Waals surface area contributed by atoms with E-state index in [1.165, 1.54) is 0 Å². The summed E-state index contributed by atoms with van der Waals surface area (Å²) in [5.74, 6) is -1.77. The second-order valence-corrected chi connectivity index (χ2v) is 5.90. The van der Waals surface area contributed by atoms with Gasteiger partial charge >= 0.3 is 6.18 Å². The quantitative estimate of drug-likeness (QED) is 0.888. The Morgan fingerprint density at radius 3 is 2.78 bits per heavy atom. The van der Waals surface area contributed by atoms with Gasteiger partial charge in [-0.25, -0.2) is 0 Å². The highest BCUT2D eigenvalue weighted by molar-refractivity contribution is 6.30. The molecule has 0 bridgehead atoms. The molecule has 0 spiro atoms. The van der Waals surface area contributed by atoms with Crippen molar-refractivity contribution >= 4 is 23.4 Å². The van der Waals surface area contributed by atoms with Crippen molar-refractivity contribution in [3.05, 3.63) is 34.9 Å². The van der Waals surface area contributed by atoms with Crippen LogP contribution in [-0.2, 0) is 16.0 Å². The minimum atomic E-state index is -4.45. The Morgan fingerprint density at radius 2 is 2.13 bits per heavy atom. The van der Waals surface area contributed by atoms with E-state index in [0.717, 1.165) is 5.56 Å². The molecule has 126 valence electrons. The number of benzene rings is 1. The predicted octanol–water partition coefficient (Wildman–Crippen LogP) is 2.41. The van der Waals surface area contributed by atoms with Gasteiger partial charge in [-0.1, -0.05) is 23.7 Å². The summed E-state index contributed by atoms with van der Waals surface area (Å²) in [7, 11) is 0. The fourth-order valence-electron chi connectivity index (χ4n) is 2.48. The van der Waals surface area contributed by atoms with Gasteiger partial charge in [-0.05, 0) is 24.1 Å². The summed E-state index contributed by atoms with van der Waals surface area (Å²) >= 11 is 5.85. The van der Waals surface area contributed by atoms with E-state index in [0.29, 0.717) is 22.9 Å². The van der Waals surface area contributed by atoms with Crippen LogP contribution in [-0.4, -0.2) is 42.5 Å². The third kappa shape index (κ3) is 5.42. The van der Waals surface area contributed by atoms with Crippen LogP contribution < -0.4 is 5.32 Å². The zero-order valence-electron chi connectivity index (χ0n) is 12.2. The molecule has 1 atom stereocenters. The van der Waals surface area contributed by atoms with Crippen molar-refractivity contribution in [3.63, 3.8) is 0 Å². The van der Waals surface area contributed by atoms with Gasteiger partial charge in [0.1, 0.15) is 6.54 Å². The van der Waals surface area contributed by atoms with Gasteiger partial charge in [0.2, 0.25) is 11.8 Å². The number of carbonyl (C=O) groups is 2. The SMILES string of the molecule is O=C(NCCc1cccc(Cl)c1)[C@@H]1CC(=O)N(CC(F)(F)F)C1. The topological polar surface area (TPSA) is 49.4 Å². The maximum Gasteiger partial charge on any atom is 0.406 e. The largest absolute Gasteiger partial charge is 0.406 e. The van der Waals surface area contributed by atoms with Crippen LogP contribution in [0.4, 0.5) is 13.2 Å². The van der Waals surface area contributed by atoms with E-state index in [2.05, 4.69) is 5.32 Å². The van der Waals surface area contributed by atoms with Crippen LogP contribution in [0.5, 0.6) is 0 Å². The lowest BCUT2D eigenvalue weighted by Crippen LogP contribution is -2.37. The van der Waals surface area contributed by atoms with Gasteiger partial charge in [0, 0.05) is 24.5 Å². The third-order valence-corrected chi connectivity index (χ3v) is 3.79. The van der Waals surface area contributed by atoms with Crippen molar-refractivity contribution < 1.29 is 22.8 Å². The Balaban J connectivity index is 1.79. The fraction of sp³-hybridized carbons (Fsp3) is 0.467. The highest BCUT2D eigenvalue weighted by atomic mass is 35.5. The van der Waals surface area contributed by atoms with E-state index in [9.17, 15) is 22.8 Å². The molecular formula is C15H16ClF3N2O2. The summed E-state index contributed by atoms with van der Waals surface area (Å²) in [6.07, 6.45) is -4.08. The van der Waals surface area contributed by atoms with Crippen LogP contribution in [0.1, 0.15) is 12.0 Å². The zero-order chi connectivity index (χ0) is 17.0. The first-order valence-corrected chi connectivity index (χ1v) is 7.49. The van der Waals surface area contributed by atoms with Gasteiger partial charge < -0.3 is 10.2 Å². The van der Waals surface area contributed by atoms with Crippen molar-refractivity contribution in [2.75, 3.05) is 19.6 Å². The number of alkyl halides is 3. The number of halogens is 4. The molecule has 2 rings (SSSR count). The number of amides is 2. The number of hydrogen-bond donors (Lipinski definition) is 1. The molecule has 0 aliphatic carbocycles. The van der Waals surface area contributed by atoms with Gasteiger partial charge in [-0.2, -0.15) is 13.2 Å². The van der Waals surface area contributed by atoms with Gasteiger partial charge in [-0.3, -0.25) is 9.59 Å². The lowest BCUT2D eigenvalue weighted by atomic mass is 10.1. The van der Waals surface area contributed by atoms with Crippen LogP contribution in [0, 0.1) is 5.92 Å². The van der Waals surface area contributed by atoms with Crippen LogP contribution in [0.2, 0.25) is 5.02 Å². The molecule has 23 heavy (non-hydrogen) atoms. The highest BCUT2D eigenvalue weighted by Gasteiger charge is 2.40. The van der Waals surface area contributed by atoms with Crippen LogP contribution >= 0.6 is 11.6 Å². The van der Waals surface area contributed by atoms with E-state index in [4.69, 9.17) is 11.6 Å². The molecule has 1 aromatic rings. The molecule has 1 heterocycles. The molecule has 1 saturated heterocycles. The molecule has 0 saturated carbocycles. The molecule has 0 unspecified atom stereocenters. The first-order chi connectivity index (χ1) is 10.7. The van der Waals surface area contributed by atoms with E-state index < -0.39 is 30.5 Å². The molecule has 0 aromatic heterocycles. The summed E-state index contributed by atoms with van der Waals surface area (Å²) in [6.45, 7) is -1.16. The maximum absolute atomic E-state index is 12.3. The lowest BCUT2D eigenvalue weighted by molar-refractivity contribution is -0.157. The number of hydrogen-bond acceptors (Lipinski definition) is 2. The van der Waals surface area contributed by atoms with Crippen molar-refractivity contribution in [2.24, 2.45) is 5.92 Å². The van der Waals surface area contributed by atoms with Crippen molar-refractivity contribution in [1.82, 2.24) is 10.2 Å². The van der Waals surface area contributed by atoms with Crippen molar-refractivity contribution in [1.29, 1.82) is 0 Å². The normalized spacial score (nSPS) is 18.3. The Kier molecular flexibility index (Phi) is 5.51. The van der Waals surface area contributed by atoms with Gasteiger partial charge in [0.25, 0.3) is 0 Å². The molecule has 1 aromatic carbocycles. The molecule has 1 aliphatic rings. The molecule has 4 nitrogen and oxygen atoms in total. The summed E-state index contributed by atoms with van der Waals surface area (Å²) in [5.41, 5.74) is 0.944. The average Bonchev–Trinajstić information content (AvgIpc) is 2.78. The zero-order valence-corrected chi connectivity index (χ0v) is 13.0. The number of nitrogens with one attached hydrogen (secondary N) is 1. The van der Waals surface area contributed by atoms with Crippen LogP contribution in [0.3, 0.4) is 0 Å². The number of likely N-dealkylation sites (tertiary alicyclic amines) is 1. The lowest BCUT2D eigenvalue weighted by Gasteiger charge is -2.18. The predicted molar refractivity (Wildman–Crippen MR) is 78.9 cm³/mol. The second kappa shape index (κ2) is 7.21. The maximum atomic E-state index is 12.3. The summed E-state index contributed by atoms with van der Waals surface area (Å²) in [4.78, 5) is 24.2. The van der Waals surface area contributed by atoms with E-state index in [-0.39, 0.29) is 13.0 Å². The summed E-state index contributed by atoms with van der Waals surface area (Å²) in [6, 6.07) is 7.17. The van der Waals surface area contributed by atoms with Gasteiger partial charge in [0.15, 0.2) is 0 Å². The third-order valence-electron chi connectivity index (χ3n) is 3.56. The van der Waals surface area contributed by atoms with E-state index in [1.807, 2.05) is 6.07 Å². The van der Waals surface area contributed by atoms with Gasteiger partial charge in [-0.15, -0.1) is 0 Å². The van der Waals surface area contributed by atoms with E-state index >= 15 is 0 Å². The molecule has 2 amide bonds. The summed E-state index contributed by atoms with van der Waals surface area (Å²) < 4.78 is 37.0. The first kappa shape index (κ1) is 17.6. The van der Waals surface area contributed by atoms with Crippen molar-refractivity contribution in [2.45, 2.75) is 19.0 Å². The van der Waals surface area contributed by atoms with Crippen LogP contribution in [0.15, 0.2) is 24.3 Å². The summed E-state index contributed by atoms with van der Waals surface area (Å²) in [5, 5.41) is 3.25. The standard InChI is InChI=1S/C15H16ClF3N2O2/c16-12-3-1-2-10(6-12)4-5-20-14(23)11-7-13(22)21(8-11)9-15(17,18)19/h1-3,6,11H,4-5,7-9H2,(H,20,23)/t11-/m1/s1. The molecule has 0 radical (unpaired) electrons. The Hall–Kier alpha value is -1.76. The Morgan fingerprint density at radius 1 is 1.39 bits per heavy atom.